The summed E-state index contributed by atoms with van der Waals surface area (Å²) in [5, 5.41) is 14.4. The summed E-state index contributed by atoms with van der Waals surface area (Å²) >= 11 is 0. The Morgan fingerprint density at radius 3 is 2.51 bits per heavy atom. The predicted molar refractivity (Wildman–Crippen MR) is 147 cm³/mol. The minimum Gasteiger partial charge on any atom is -0.379 e. The third-order valence-corrected chi connectivity index (χ3v) is 9.42. The minimum atomic E-state index is -3.26. The van der Waals surface area contributed by atoms with E-state index >= 15 is 0 Å². The number of unbranched alkanes of at least 4 members (excludes halogenated alkanes) is 3. The molecule has 0 spiro atoms. The van der Waals surface area contributed by atoms with E-state index in [4.69, 9.17) is 10.00 Å². The van der Waals surface area contributed by atoms with Crippen LogP contribution in [0, 0.1) is 11.5 Å². The Morgan fingerprint density at radius 2 is 1.78 bits per heavy atom. The molecule has 2 aliphatic rings. The number of hydrogen-bond acceptors (Lipinski definition) is 7. The van der Waals surface area contributed by atoms with Crippen LogP contribution in [0.25, 0.3) is 0 Å². The molecule has 0 radical (unpaired) electrons. The summed E-state index contributed by atoms with van der Waals surface area (Å²) in [5.74, 6) is 0.415. The van der Waals surface area contributed by atoms with Crippen molar-refractivity contribution in [3.05, 3.63) is 24.5 Å². The zero-order valence-corrected chi connectivity index (χ0v) is 22.8. The van der Waals surface area contributed by atoms with Gasteiger partial charge in [0.05, 0.1) is 18.5 Å². The molecule has 1 aromatic rings. The topological polar surface area (TPSA) is 123 Å². The Bertz CT molecular complexity index is 941. The molecule has 2 N–H and O–H groups in total. The molecule has 0 unspecified atom stereocenters. The van der Waals surface area contributed by atoms with Crippen molar-refractivity contribution < 1.29 is 13.2 Å². The van der Waals surface area contributed by atoms with E-state index in [1.807, 2.05) is 18.3 Å². The summed E-state index contributed by atoms with van der Waals surface area (Å²) in [6.45, 7) is 6.10. The quantitative estimate of drug-likeness (QED) is 0.123. The van der Waals surface area contributed by atoms with E-state index in [9.17, 15) is 8.42 Å². The molecular formula is C26H43N7O3S. The van der Waals surface area contributed by atoms with Crippen LogP contribution in [0.2, 0.25) is 0 Å². The number of morpholine rings is 1. The van der Waals surface area contributed by atoms with E-state index in [-0.39, 0.29) is 5.25 Å². The lowest BCUT2D eigenvalue weighted by Gasteiger charge is -2.31. The van der Waals surface area contributed by atoms with Crippen molar-refractivity contribution in [2.24, 2.45) is 4.99 Å². The van der Waals surface area contributed by atoms with Gasteiger partial charge in [0.2, 0.25) is 16.0 Å². The fourth-order valence-corrected chi connectivity index (χ4v) is 7.03. The molecule has 0 atom stereocenters. The summed E-state index contributed by atoms with van der Waals surface area (Å²) in [6.07, 6.45) is 14.5. The van der Waals surface area contributed by atoms with Gasteiger partial charge in [-0.3, -0.25) is 20.2 Å². The van der Waals surface area contributed by atoms with Crippen molar-refractivity contribution in [3.63, 3.8) is 0 Å². The molecule has 0 bridgehead atoms. The highest BCUT2D eigenvalue weighted by Crippen LogP contribution is 2.26. The molecular weight excluding hydrogens is 490 g/mol. The monoisotopic (exact) mass is 533 g/mol. The highest BCUT2D eigenvalue weighted by Gasteiger charge is 2.32. The van der Waals surface area contributed by atoms with Crippen molar-refractivity contribution in [1.29, 1.82) is 5.26 Å². The lowest BCUT2D eigenvalue weighted by Crippen LogP contribution is -2.42. The number of ether oxygens (including phenoxy) is 1. The number of guanidine groups is 1. The van der Waals surface area contributed by atoms with Crippen LogP contribution in [0.1, 0.15) is 64.2 Å². The van der Waals surface area contributed by atoms with Gasteiger partial charge < -0.3 is 10.1 Å². The lowest BCUT2D eigenvalue weighted by atomic mass is 10.0. The third kappa shape index (κ3) is 10.6. The molecule has 1 saturated heterocycles. The van der Waals surface area contributed by atoms with E-state index in [1.165, 1.54) is 0 Å². The van der Waals surface area contributed by atoms with Gasteiger partial charge in [-0.2, -0.15) is 5.26 Å². The van der Waals surface area contributed by atoms with Crippen LogP contribution >= 0.6 is 0 Å². The number of pyridine rings is 1. The number of hydrogen-bond donors (Lipinski definition) is 2. The second-order valence-electron chi connectivity index (χ2n) is 9.75. The second kappa shape index (κ2) is 16.6. The van der Waals surface area contributed by atoms with Crippen LogP contribution in [-0.2, 0) is 14.8 Å². The zero-order chi connectivity index (χ0) is 26.2. The Balaban J connectivity index is 1.42. The number of aromatic nitrogens is 1. The normalized spacial score (nSPS) is 18.0. The molecule has 10 nitrogen and oxygen atoms in total. The molecule has 1 aliphatic heterocycles. The van der Waals surface area contributed by atoms with Crippen molar-refractivity contribution in [3.8, 4) is 6.19 Å². The van der Waals surface area contributed by atoms with Crippen molar-refractivity contribution in [2.45, 2.75) is 69.5 Å². The van der Waals surface area contributed by atoms with E-state index in [0.717, 1.165) is 103 Å². The minimum absolute atomic E-state index is 0.210. The summed E-state index contributed by atoms with van der Waals surface area (Å²) in [7, 11) is -3.26. The highest BCUT2D eigenvalue weighted by atomic mass is 32.2. The van der Waals surface area contributed by atoms with Gasteiger partial charge in [-0.25, -0.2) is 12.7 Å². The van der Waals surface area contributed by atoms with Crippen LogP contribution in [0.3, 0.4) is 0 Å². The van der Waals surface area contributed by atoms with Crippen LogP contribution in [-0.4, -0.2) is 86.3 Å². The number of nitrogens with zero attached hydrogens (tertiary/aromatic N) is 5. The number of nitriles is 1. The van der Waals surface area contributed by atoms with Gasteiger partial charge in [-0.05, 0) is 50.8 Å². The van der Waals surface area contributed by atoms with Crippen molar-refractivity contribution >= 4 is 21.7 Å². The lowest BCUT2D eigenvalue weighted by molar-refractivity contribution is 0.0369. The standard InChI is InChI=1S/C26H43N7O3S/c27-23-30-26(31-24-11-14-28-15-12-24)29-13-6-1-2-7-17-33(18-8-16-32-19-21-36-22-20-32)37(34,35)25-9-4-3-5-10-25/h11-12,14-15,25H,1-10,13,16-22H2,(H2,28,29,30,31). The van der Waals surface area contributed by atoms with E-state index in [2.05, 4.69) is 25.5 Å². The van der Waals surface area contributed by atoms with Crippen molar-refractivity contribution in [1.82, 2.24) is 19.5 Å². The summed E-state index contributed by atoms with van der Waals surface area (Å²) in [5.41, 5.74) is 0.810. The number of nitrogens with one attached hydrogen (secondary N) is 2. The summed E-state index contributed by atoms with van der Waals surface area (Å²) in [4.78, 5) is 10.8. The van der Waals surface area contributed by atoms with E-state index < -0.39 is 10.0 Å². The first-order valence-electron chi connectivity index (χ1n) is 13.8. The maximum absolute atomic E-state index is 13.5. The third-order valence-electron chi connectivity index (χ3n) is 7.02. The Kier molecular flexibility index (Phi) is 13.1. The van der Waals surface area contributed by atoms with Crippen LogP contribution in [0.4, 0.5) is 5.69 Å². The molecule has 3 rings (SSSR count). The van der Waals surface area contributed by atoms with Crippen LogP contribution in [0.5, 0.6) is 0 Å². The first-order chi connectivity index (χ1) is 18.1. The molecule has 0 aromatic carbocycles. The molecule has 11 heteroatoms. The summed E-state index contributed by atoms with van der Waals surface area (Å²) < 4.78 is 34.1. The highest BCUT2D eigenvalue weighted by molar-refractivity contribution is 7.89. The van der Waals surface area contributed by atoms with E-state index in [1.54, 1.807) is 16.7 Å². The maximum Gasteiger partial charge on any atom is 0.216 e. The first kappa shape index (κ1) is 29.3. The fourth-order valence-electron chi connectivity index (χ4n) is 4.92. The second-order valence-corrected chi connectivity index (χ2v) is 12.0. The van der Waals surface area contributed by atoms with Crippen LogP contribution < -0.4 is 10.6 Å². The zero-order valence-electron chi connectivity index (χ0n) is 22.0. The van der Waals surface area contributed by atoms with Gasteiger partial charge >= 0.3 is 0 Å². The average molecular weight is 534 g/mol. The number of anilines is 1. The van der Waals surface area contributed by atoms with Crippen molar-refractivity contribution in [2.75, 3.05) is 57.8 Å². The Hall–Kier alpha value is -2.26. The maximum atomic E-state index is 13.5. The van der Waals surface area contributed by atoms with E-state index in [0.29, 0.717) is 25.6 Å². The molecule has 0 amide bonds. The average Bonchev–Trinajstić information content (AvgIpc) is 2.93. The number of sulfonamides is 1. The SMILES string of the molecule is N#CNC(=NCCCCCCN(CCCN1CCOCC1)S(=O)(=O)C1CCCCC1)Nc1ccncc1. The molecule has 1 aliphatic carbocycles. The fraction of sp³-hybridized carbons (Fsp3) is 0.731. The van der Waals surface area contributed by atoms with Gasteiger partial charge in [0.1, 0.15) is 0 Å². The number of rotatable bonds is 14. The summed E-state index contributed by atoms with van der Waals surface area (Å²) in [6, 6.07) is 3.62. The largest absolute Gasteiger partial charge is 0.379 e. The molecule has 1 saturated carbocycles. The first-order valence-corrected chi connectivity index (χ1v) is 15.3. The van der Waals surface area contributed by atoms with Gasteiger partial charge in [0, 0.05) is 50.8 Å². The number of aliphatic imine (C=N–C) groups is 1. The molecule has 2 fully saturated rings. The molecule has 2 heterocycles. The molecule has 1 aromatic heterocycles. The van der Waals surface area contributed by atoms with Gasteiger partial charge in [0.25, 0.3) is 0 Å². The Labute approximate surface area is 222 Å². The molecule has 206 valence electrons. The van der Waals surface area contributed by atoms with Gasteiger partial charge in [-0.1, -0.05) is 32.1 Å². The Morgan fingerprint density at radius 1 is 1.08 bits per heavy atom. The van der Waals surface area contributed by atoms with Crippen LogP contribution in [0.15, 0.2) is 29.5 Å². The van der Waals surface area contributed by atoms with Gasteiger partial charge in [-0.15, -0.1) is 0 Å². The van der Waals surface area contributed by atoms with Gasteiger partial charge in [0.15, 0.2) is 6.19 Å². The predicted octanol–water partition coefficient (Wildman–Crippen LogP) is 3.17. The molecule has 37 heavy (non-hydrogen) atoms. The smallest absolute Gasteiger partial charge is 0.216 e.